The quantitative estimate of drug-likeness (QED) is 0.519. The Labute approximate surface area is 148 Å². The lowest BCUT2D eigenvalue weighted by Gasteiger charge is -2.20. The molecule has 126 valence electrons. The summed E-state index contributed by atoms with van der Waals surface area (Å²) in [5.41, 5.74) is 11.4. The molecule has 1 amide bonds. The zero-order valence-electron chi connectivity index (χ0n) is 12.9. The van der Waals surface area contributed by atoms with Gasteiger partial charge in [0.05, 0.1) is 22.7 Å². The minimum absolute atomic E-state index is 0.0693. The molecule has 0 aliphatic carbocycles. The number of amides is 1. The summed E-state index contributed by atoms with van der Waals surface area (Å²) in [6, 6.07) is 10.4. The van der Waals surface area contributed by atoms with Crippen LogP contribution in [0, 0.1) is 22.7 Å². The summed E-state index contributed by atoms with van der Waals surface area (Å²) in [7, 11) is 0. The van der Waals surface area contributed by atoms with Crippen LogP contribution < -0.4 is 21.5 Å². The highest BCUT2D eigenvalue weighted by Crippen LogP contribution is 2.25. The first kappa shape index (κ1) is 17.8. The molecule has 0 bridgehead atoms. The lowest BCUT2D eigenvalue weighted by atomic mass is 10.2. The van der Waals surface area contributed by atoms with Gasteiger partial charge in [-0.05, 0) is 12.1 Å². The number of carbonyl (C=O) groups is 1. The lowest BCUT2D eigenvalue weighted by molar-refractivity contribution is 0.0962. The van der Waals surface area contributed by atoms with Crippen LogP contribution in [0.15, 0.2) is 30.6 Å². The van der Waals surface area contributed by atoms with E-state index >= 15 is 0 Å². The van der Waals surface area contributed by atoms with Crippen LogP contribution >= 0.6 is 11.6 Å². The molecule has 1 aromatic carbocycles. The average molecular weight is 357 g/mol. The molecular weight excluding hydrogens is 344 g/mol. The first-order valence-electron chi connectivity index (χ1n) is 6.98. The molecule has 0 spiro atoms. The lowest BCUT2D eigenvalue weighted by Crippen LogP contribution is -2.31. The van der Waals surface area contributed by atoms with E-state index in [-0.39, 0.29) is 36.0 Å². The average Bonchev–Trinajstić information content (AvgIpc) is 2.61. The van der Waals surface area contributed by atoms with Crippen LogP contribution in [0.5, 0.6) is 0 Å². The molecule has 2 aromatic rings. The Balaban J connectivity index is 2.17. The Kier molecular flexibility index (Phi) is 5.93. The number of hydrogen-bond acceptors (Lipinski definition) is 8. The largest absolute Gasteiger partial charge is 0.393 e. The number of nitrogens with one attached hydrogen (secondary N) is 2. The summed E-state index contributed by atoms with van der Waals surface area (Å²) >= 11 is 5.96. The number of nitrogen functional groups attached to an aromatic ring is 1. The van der Waals surface area contributed by atoms with Crippen LogP contribution in [0.1, 0.15) is 10.4 Å². The maximum Gasteiger partial charge on any atom is 0.271 e. The fourth-order valence-corrected chi connectivity index (χ4v) is 2.16. The van der Waals surface area contributed by atoms with Crippen molar-refractivity contribution in [2.45, 2.75) is 0 Å². The minimum Gasteiger partial charge on any atom is -0.393 e. The van der Waals surface area contributed by atoms with E-state index in [1.165, 1.54) is 11.2 Å². The molecule has 0 radical (unpaired) electrons. The molecule has 0 aliphatic heterocycles. The number of hydrazine groups is 1. The van der Waals surface area contributed by atoms with Gasteiger partial charge in [-0.15, -0.1) is 0 Å². The Morgan fingerprint density at radius 2 is 1.92 bits per heavy atom. The minimum atomic E-state index is -0.476. The Morgan fingerprint density at radius 3 is 2.56 bits per heavy atom. The number of benzene rings is 1. The highest BCUT2D eigenvalue weighted by molar-refractivity contribution is 6.33. The van der Waals surface area contributed by atoms with Crippen molar-refractivity contribution in [2.75, 3.05) is 29.1 Å². The van der Waals surface area contributed by atoms with Gasteiger partial charge in [0.2, 0.25) is 0 Å². The number of nitrogens with zero attached hydrogens (tertiary/aromatic N) is 5. The number of halogens is 1. The number of carbonyl (C=O) groups excluding carboxylic acids is 1. The number of hydrogen-bond donors (Lipinski definition) is 3. The van der Waals surface area contributed by atoms with Crippen molar-refractivity contribution < 1.29 is 4.79 Å². The predicted molar refractivity (Wildman–Crippen MR) is 92.4 cm³/mol. The summed E-state index contributed by atoms with van der Waals surface area (Å²) in [4.78, 5) is 21.5. The van der Waals surface area contributed by atoms with Crippen LogP contribution in [-0.2, 0) is 0 Å². The second-order valence-electron chi connectivity index (χ2n) is 4.69. The molecule has 0 unspecified atom stereocenters. The van der Waals surface area contributed by atoms with Crippen molar-refractivity contribution in [1.29, 1.82) is 10.5 Å². The van der Waals surface area contributed by atoms with E-state index in [0.717, 1.165) is 0 Å². The summed E-state index contributed by atoms with van der Waals surface area (Å²) in [6.07, 6.45) is 1.21. The number of rotatable bonds is 6. The van der Waals surface area contributed by atoms with Crippen LogP contribution in [-0.4, -0.2) is 29.0 Å². The van der Waals surface area contributed by atoms with Crippen LogP contribution in [0.4, 0.5) is 17.3 Å². The van der Waals surface area contributed by atoms with E-state index < -0.39 is 5.91 Å². The number of aromatic nitrogens is 2. The van der Waals surface area contributed by atoms with E-state index in [1.807, 2.05) is 12.1 Å². The van der Waals surface area contributed by atoms with Gasteiger partial charge in [-0.1, -0.05) is 23.7 Å². The SMILES string of the molecule is N#CCN(CC#N)c1ncnc(NNC(=O)c2ccccc2Cl)c1N. The molecule has 0 fully saturated rings. The summed E-state index contributed by atoms with van der Waals surface area (Å²) < 4.78 is 0. The van der Waals surface area contributed by atoms with Crippen molar-refractivity contribution in [2.24, 2.45) is 0 Å². The molecule has 10 heteroatoms. The molecule has 9 nitrogen and oxygen atoms in total. The number of nitrogens with two attached hydrogens (primary N) is 1. The van der Waals surface area contributed by atoms with Crippen molar-refractivity contribution in [3.63, 3.8) is 0 Å². The predicted octanol–water partition coefficient (Wildman–Crippen LogP) is 1.32. The van der Waals surface area contributed by atoms with Gasteiger partial charge in [0.25, 0.3) is 5.91 Å². The topological polar surface area (TPSA) is 144 Å². The van der Waals surface area contributed by atoms with E-state index in [1.54, 1.807) is 24.3 Å². The zero-order valence-corrected chi connectivity index (χ0v) is 13.7. The first-order chi connectivity index (χ1) is 12.1. The summed E-state index contributed by atoms with van der Waals surface area (Å²) in [5.74, 6) is -0.130. The van der Waals surface area contributed by atoms with E-state index in [0.29, 0.717) is 5.02 Å². The molecule has 0 aliphatic rings. The molecule has 4 N–H and O–H groups in total. The van der Waals surface area contributed by atoms with Gasteiger partial charge in [-0.25, -0.2) is 9.97 Å². The zero-order chi connectivity index (χ0) is 18.2. The van der Waals surface area contributed by atoms with Crippen LogP contribution in [0.3, 0.4) is 0 Å². The molecule has 0 saturated carbocycles. The number of anilines is 3. The van der Waals surface area contributed by atoms with Gasteiger partial charge in [-0.2, -0.15) is 10.5 Å². The van der Waals surface area contributed by atoms with Crippen molar-refractivity contribution in [3.05, 3.63) is 41.2 Å². The summed E-state index contributed by atoms with van der Waals surface area (Å²) in [5, 5.41) is 18.0. The molecule has 0 saturated heterocycles. The molecule has 25 heavy (non-hydrogen) atoms. The van der Waals surface area contributed by atoms with Gasteiger partial charge < -0.3 is 10.6 Å². The Hall–Kier alpha value is -3.56. The summed E-state index contributed by atoms with van der Waals surface area (Å²) in [6.45, 7) is -0.139. The van der Waals surface area contributed by atoms with Crippen molar-refractivity contribution >= 4 is 34.8 Å². The highest BCUT2D eigenvalue weighted by Gasteiger charge is 2.16. The second-order valence-corrected chi connectivity index (χ2v) is 5.10. The highest BCUT2D eigenvalue weighted by atomic mass is 35.5. The van der Waals surface area contributed by atoms with Gasteiger partial charge in [0.1, 0.15) is 25.1 Å². The Morgan fingerprint density at radius 1 is 1.24 bits per heavy atom. The Bertz CT molecular complexity index is 841. The van der Waals surface area contributed by atoms with Crippen molar-refractivity contribution in [1.82, 2.24) is 15.4 Å². The maximum atomic E-state index is 12.1. The van der Waals surface area contributed by atoms with Gasteiger partial charge in [0, 0.05) is 0 Å². The van der Waals surface area contributed by atoms with Gasteiger partial charge in [-0.3, -0.25) is 15.6 Å². The van der Waals surface area contributed by atoms with Crippen LogP contribution in [0.2, 0.25) is 5.02 Å². The van der Waals surface area contributed by atoms with Crippen LogP contribution in [0.25, 0.3) is 0 Å². The first-order valence-corrected chi connectivity index (χ1v) is 7.36. The molecule has 2 rings (SSSR count). The van der Waals surface area contributed by atoms with Crippen molar-refractivity contribution in [3.8, 4) is 12.1 Å². The fraction of sp³-hybridized carbons (Fsp3) is 0.133. The standard InChI is InChI=1S/C15H13ClN8O/c16-11-4-2-1-3-10(11)15(25)23-22-13-12(19)14(21-9-20-13)24(7-5-17)8-6-18/h1-4,9H,7-8,19H2,(H,23,25)(H,20,21,22). The monoisotopic (exact) mass is 356 g/mol. The van der Waals surface area contributed by atoms with E-state index in [4.69, 9.17) is 27.9 Å². The third-order valence-corrected chi connectivity index (χ3v) is 3.43. The maximum absolute atomic E-state index is 12.1. The molecule has 1 heterocycles. The second kappa shape index (κ2) is 8.34. The van der Waals surface area contributed by atoms with Gasteiger partial charge in [0.15, 0.2) is 11.6 Å². The normalized spacial score (nSPS) is 9.56. The van der Waals surface area contributed by atoms with E-state index in [9.17, 15) is 4.79 Å². The molecular formula is C15H13ClN8O. The van der Waals surface area contributed by atoms with E-state index in [2.05, 4.69) is 20.8 Å². The smallest absolute Gasteiger partial charge is 0.271 e. The molecule has 1 aromatic heterocycles. The number of nitriles is 2. The third-order valence-electron chi connectivity index (χ3n) is 3.10. The third kappa shape index (κ3) is 4.25. The van der Waals surface area contributed by atoms with Gasteiger partial charge >= 0.3 is 0 Å². The molecule has 0 atom stereocenters. The fourth-order valence-electron chi connectivity index (χ4n) is 1.94.